The van der Waals surface area contributed by atoms with Crippen LogP contribution in [0.5, 0.6) is 0 Å². The SMILES string of the molecule is O=C(Cc1c[nH]c2ccc([N+](=O)[O-])cc12)NC1CCC(O)CC1. The van der Waals surface area contributed by atoms with E-state index in [1.54, 1.807) is 12.3 Å². The Labute approximate surface area is 132 Å². The summed E-state index contributed by atoms with van der Waals surface area (Å²) in [5.74, 6) is -0.0983. The predicted octanol–water partition coefficient (Wildman–Crippen LogP) is 2.04. The number of H-pyrrole nitrogens is 1. The minimum absolute atomic E-state index is 0.0139. The summed E-state index contributed by atoms with van der Waals surface area (Å²) in [5.41, 5.74) is 1.54. The molecule has 7 heteroatoms. The molecule has 1 aliphatic carbocycles. The molecule has 7 nitrogen and oxygen atoms in total. The summed E-state index contributed by atoms with van der Waals surface area (Å²) in [5, 5.41) is 24.1. The molecule has 1 aromatic carbocycles. The standard InChI is InChI=1S/C16H19N3O4/c20-13-4-1-11(2-5-13)18-16(21)7-10-9-17-15-6-3-12(19(22)23)8-14(10)15/h3,6,8-9,11,13,17,20H,1-2,4-5,7H2,(H,18,21). The van der Waals surface area contributed by atoms with E-state index < -0.39 is 4.92 Å². The molecule has 0 bridgehead atoms. The summed E-state index contributed by atoms with van der Waals surface area (Å²) < 4.78 is 0. The van der Waals surface area contributed by atoms with Crippen molar-refractivity contribution in [1.82, 2.24) is 10.3 Å². The summed E-state index contributed by atoms with van der Waals surface area (Å²) in [6, 6.07) is 4.68. The molecule has 3 N–H and O–H groups in total. The number of aromatic amines is 1. The average Bonchev–Trinajstić information content (AvgIpc) is 2.92. The third-order valence-corrected chi connectivity index (χ3v) is 4.37. The minimum atomic E-state index is -0.441. The fourth-order valence-electron chi connectivity index (χ4n) is 3.10. The van der Waals surface area contributed by atoms with Gasteiger partial charge in [-0.2, -0.15) is 0 Å². The molecular weight excluding hydrogens is 298 g/mol. The van der Waals surface area contributed by atoms with Crippen molar-refractivity contribution in [1.29, 1.82) is 0 Å². The maximum Gasteiger partial charge on any atom is 0.270 e. The van der Waals surface area contributed by atoms with Crippen LogP contribution in [0.25, 0.3) is 10.9 Å². The number of aromatic nitrogens is 1. The molecule has 0 spiro atoms. The van der Waals surface area contributed by atoms with Gasteiger partial charge in [0.25, 0.3) is 5.69 Å². The summed E-state index contributed by atoms with van der Waals surface area (Å²) in [6.45, 7) is 0. The van der Waals surface area contributed by atoms with Crippen molar-refractivity contribution in [3.8, 4) is 0 Å². The Hall–Kier alpha value is -2.41. The molecule has 23 heavy (non-hydrogen) atoms. The average molecular weight is 317 g/mol. The second-order valence-corrected chi connectivity index (χ2v) is 6.05. The van der Waals surface area contributed by atoms with Crippen LogP contribution in [0, 0.1) is 10.1 Å². The predicted molar refractivity (Wildman–Crippen MR) is 85.1 cm³/mol. The van der Waals surface area contributed by atoms with Crippen LogP contribution < -0.4 is 5.32 Å². The monoisotopic (exact) mass is 317 g/mol. The van der Waals surface area contributed by atoms with Gasteiger partial charge < -0.3 is 15.4 Å². The summed E-state index contributed by atoms with van der Waals surface area (Å²) in [4.78, 5) is 25.7. The first-order chi connectivity index (χ1) is 11.0. The first kappa shape index (κ1) is 15.5. The Bertz CT molecular complexity index is 732. The Morgan fingerprint density at radius 2 is 2.09 bits per heavy atom. The lowest BCUT2D eigenvalue weighted by Crippen LogP contribution is -2.39. The Morgan fingerprint density at radius 3 is 2.78 bits per heavy atom. The number of benzene rings is 1. The normalized spacial score (nSPS) is 21.3. The van der Waals surface area contributed by atoms with Gasteiger partial charge in [-0.15, -0.1) is 0 Å². The number of hydrogen-bond acceptors (Lipinski definition) is 4. The van der Waals surface area contributed by atoms with Gasteiger partial charge in [0.15, 0.2) is 0 Å². The number of nitrogens with one attached hydrogen (secondary N) is 2. The van der Waals surface area contributed by atoms with E-state index in [4.69, 9.17) is 0 Å². The van der Waals surface area contributed by atoms with Gasteiger partial charge in [0, 0.05) is 35.3 Å². The van der Waals surface area contributed by atoms with Crippen LogP contribution in [0.1, 0.15) is 31.2 Å². The highest BCUT2D eigenvalue weighted by molar-refractivity contribution is 5.90. The van der Waals surface area contributed by atoms with Crippen LogP contribution in [-0.4, -0.2) is 33.1 Å². The van der Waals surface area contributed by atoms with E-state index in [9.17, 15) is 20.0 Å². The number of amides is 1. The Morgan fingerprint density at radius 1 is 1.35 bits per heavy atom. The van der Waals surface area contributed by atoms with Crippen LogP contribution in [0.15, 0.2) is 24.4 Å². The van der Waals surface area contributed by atoms with Crippen LogP contribution in [0.3, 0.4) is 0 Å². The van der Waals surface area contributed by atoms with Gasteiger partial charge in [-0.25, -0.2) is 0 Å². The molecule has 1 aliphatic rings. The third-order valence-electron chi connectivity index (χ3n) is 4.37. The number of fused-ring (bicyclic) bond motifs is 1. The van der Waals surface area contributed by atoms with Gasteiger partial charge in [-0.3, -0.25) is 14.9 Å². The third kappa shape index (κ3) is 3.50. The molecule has 1 saturated carbocycles. The summed E-state index contributed by atoms with van der Waals surface area (Å²) in [7, 11) is 0. The molecule has 1 aromatic heterocycles. The van der Waals surface area contributed by atoms with Crippen molar-refractivity contribution in [2.75, 3.05) is 0 Å². The largest absolute Gasteiger partial charge is 0.393 e. The summed E-state index contributed by atoms with van der Waals surface area (Å²) in [6.07, 6.45) is 4.64. The fourth-order valence-corrected chi connectivity index (χ4v) is 3.10. The number of aliphatic hydroxyl groups excluding tert-OH is 1. The van der Waals surface area contributed by atoms with Crippen LogP contribution >= 0.6 is 0 Å². The van der Waals surface area contributed by atoms with E-state index in [0.29, 0.717) is 18.2 Å². The summed E-state index contributed by atoms with van der Waals surface area (Å²) >= 11 is 0. The van der Waals surface area contributed by atoms with E-state index in [2.05, 4.69) is 10.3 Å². The maximum atomic E-state index is 12.2. The highest BCUT2D eigenvalue weighted by atomic mass is 16.6. The molecule has 0 radical (unpaired) electrons. The van der Waals surface area contributed by atoms with Crippen molar-refractivity contribution in [3.05, 3.63) is 40.1 Å². The zero-order valence-electron chi connectivity index (χ0n) is 12.6. The van der Waals surface area contributed by atoms with Gasteiger partial charge in [-0.1, -0.05) is 0 Å². The maximum absolute atomic E-state index is 12.2. The van der Waals surface area contributed by atoms with E-state index >= 15 is 0 Å². The number of nitro groups is 1. The smallest absolute Gasteiger partial charge is 0.270 e. The number of non-ortho nitro benzene ring substituents is 1. The second kappa shape index (κ2) is 6.37. The zero-order valence-corrected chi connectivity index (χ0v) is 12.6. The molecule has 0 unspecified atom stereocenters. The molecular formula is C16H19N3O4. The Kier molecular flexibility index (Phi) is 4.29. The van der Waals surface area contributed by atoms with Crippen molar-refractivity contribution >= 4 is 22.5 Å². The molecule has 3 rings (SSSR count). The molecule has 0 atom stereocenters. The minimum Gasteiger partial charge on any atom is -0.393 e. The highest BCUT2D eigenvalue weighted by Crippen LogP contribution is 2.24. The number of carbonyl (C=O) groups excluding carboxylic acids is 1. The second-order valence-electron chi connectivity index (χ2n) is 6.05. The molecule has 1 fully saturated rings. The molecule has 1 heterocycles. The van der Waals surface area contributed by atoms with Crippen LogP contribution in [-0.2, 0) is 11.2 Å². The number of carbonyl (C=O) groups is 1. The number of hydrogen-bond donors (Lipinski definition) is 3. The van der Waals surface area contributed by atoms with Gasteiger partial charge in [-0.05, 0) is 37.3 Å². The molecule has 0 aliphatic heterocycles. The first-order valence-electron chi connectivity index (χ1n) is 7.75. The van der Waals surface area contributed by atoms with E-state index in [1.807, 2.05) is 0 Å². The molecule has 2 aromatic rings. The number of aliphatic hydroxyl groups is 1. The highest BCUT2D eigenvalue weighted by Gasteiger charge is 2.21. The first-order valence-corrected chi connectivity index (χ1v) is 7.75. The Balaban J connectivity index is 1.69. The fraction of sp³-hybridized carbons (Fsp3) is 0.438. The van der Waals surface area contributed by atoms with E-state index in [0.717, 1.165) is 23.9 Å². The molecule has 1 amide bonds. The lowest BCUT2D eigenvalue weighted by molar-refractivity contribution is -0.384. The lowest BCUT2D eigenvalue weighted by atomic mass is 9.93. The van der Waals surface area contributed by atoms with Crippen LogP contribution in [0.4, 0.5) is 5.69 Å². The van der Waals surface area contributed by atoms with Crippen LogP contribution in [0.2, 0.25) is 0 Å². The number of nitro benzene ring substituents is 1. The number of nitrogens with zero attached hydrogens (tertiary/aromatic N) is 1. The van der Waals surface area contributed by atoms with Crippen molar-refractivity contribution < 1.29 is 14.8 Å². The lowest BCUT2D eigenvalue weighted by Gasteiger charge is -2.26. The van der Waals surface area contributed by atoms with Crippen molar-refractivity contribution in [3.63, 3.8) is 0 Å². The van der Waals surface area contributed by atoms with Gasteiger partial charge >= 0.3 is 0 Å². The van der Waals surface area contributed by atoms with E-state index in [-0.39, 0.29) is 30.2 Å². The van der Waals surface area contributed by atoms with Crippen molar-refractivity contribution in [2.45, 2.75) is 44.2 Å². The molecule has 122 valence electrons. The quantitative estimate of drug-likeness (QED) is 0.592. The number of rotatable bonds is 4. The van der Waals surface area contributed by atoms with E-state index in [1.165, 1.54) is 12.1 Å². The van der Waals surface area contributed by atoms with Gasteiger partial charge in [0.2, 0.25) is 5.91 Å². The molecule has 0 saturated heterocycles. The van der Waals surface area contributed by atoms with Gasteiger partial charge in [0.05, 0.1) is 17.4 Å². The van der Waals surface area contributed by atoms with Crippen molar-refractivity contribution in [2.24, 2.45) is 0 Å². The van der Waals surface area contributed by atoms with Gasteiger partial charge in [0.1, 0.15) is 0 Å². The topological polar surface area (TPSA) is 108 Å². The zero-order chi connectivity index (χ0) is 16.4.